The van der Waals surface area contributed by atoms with Crippen LogP contribution in [0.4, 0.5) is 0 Å². The normalized spacial score (nSPS) is 20.4. The van der Waals surface area contributed by atoms with Crippen LogP contribution >= 0.6 is 27.3 Å². The van der Waals surface area contributed by atoms with Gasteiger partial charge in [0, 0.05) is 28.3 Å². The number of hydrogen-bond donors (Lipinski definition) is 0. The molecule has 0 amide bonds. The molecule has 2 rings (SSSR count). The number of rotatable bonds is 4. The lowest BCUT2D eigenvalue weighted by Crippen LogP contribution is -2.40. The van der Waals surface area contributed by atoms with Gasteiger partial charge in [-0.05, 0) is 34.8 Å². The summed E-state index contributed by atoms with van der Waals surface area (Å²) < 4.78 is 49.9. The van der Waals surface area contributed by atoms with Gasteiger partial charge in [-0.25, -0.2) is 16.8 Å². The van der Waals surface area contributed by atoms with E-state index in [1.807, 2.05) is 11.4 Å². The molecule has 9 heteroatoms. The molecular weight excluding hydrogens is 386 g/mol. The fourth-order valence-corrected chi connectivity index (χ4v) is 7.20. The van der Waals surface area contributed by atoms with E-state index in [-0.39, 0.29) is 24.3 Å². The van der Waals surface area contributed by atoms with Crippen LogP contribution in [-0.2, 0) is 26.4 Å². The molecule has 2 heterocycles. The van der Waals surface area contributed by atoms with Gasteiger partial charge in [-0.2, -0.15) is 4.31 Å². The molecule has 0 atom stereocenters. The second-order valence-electron chi connectivity index (χ2n) is 4.88. The van der Waals surface area contributed by atoms with Crippen molar-refractivity contribution in [1.29, 1.82) is 0 Å². The van der Waals surface area contributed by atoms with Crippen LogP contribution in [-0.4, -0.2) is 44.9 Å². The highest BCUT2D eigenvalue weighted by molar-refractivity contribution is 9.10. The SMILES string of the molecule is CN(Cc1cc(Br)cs1)S(=O)(=O)C1CCS(=O)(=O)CC1. The first-order chi connectivity index (χ1) is 9.21. The van der Waals surface area contributed by atoms with Gasteiger partial charge in [0.1, 0.15) is 9.84 Å². The van der Waals surface area contributed by atoms with Crippen LogP contribution in [0.2, 0.25) is 0 Å². The van der Waals surface area contributed by atoms with E-state index < -0.39 is 25.1 Å². The van der Waals surface area contributed by atoms with Gasteiger partial charge in [-0.3, -0.25) is 0 Å². The highest BCUT2D eigenvalue weighted by Gasteiger charge is 2.35. The lowest BCUT2D eigenvalue weighted by molar-refractivity contribution is 0.451. The van der Waals surface area contributed by atoms with E-state index >= 15 is 0 Å². The number of halogens is 1. The van der Waals surface area contributed by atoms with Crippen molar-refractivity contribution in [2.24, 2.45) is 0 Å². The third-order valence-corrected chi connectivity index (χ3v) is 9.07. The van der Waals surface area contributed by atoms with E-state index in [4.69, 9.17) is 0 Å². The Labute approximate surface area is 132 Å². The average molecular weight is 402 g/mol. The Hall–Kier alpha value is 0.0400. The van der Waals surface area contributed by atoms with E-state index in [1.54, 1.807) is 7.05 Å². The zero-order valence-corrected chi connectivity index (χ0v) is 15.0. The molecule has 0 N–H and O–H groups in total. The third kappa shape index (κ3) is 3.82. The first kappa shape index (κ1) is 16.4. The number of nitrogens with zero attached hydrogens (tertiary/aromatic N) is 1. The minimum atomic E-state index is -3.44. The molecule has 0 radical (unpaired) electrons. The highest BCUT2D eigenvalue weighted by Crippen LogP contribution is 2.25. The van der Waals surface area contributed by atoms with Crippen LogP contribution in [0.5, 0.6) is 0 Å². The predicted octanol–water partition coefficient (Wildman–Crippen LogP) is 1.85. The summed E-state index contributed by atoms with van der Waals surface area (Å²) in [5.74, 6) is -0.0649. The number of hydrogen-bond acceptors (Lipinski definition) is 5. The van der Waals surface area contributed by atoms with Crippen molar-refractivity contribution in [2.75, 3.05) is 18.6 Å². The minimum Gasteiger partial charge on any atom is -0.229 e. The second-order valence-corrected chi connectivity index (χ2v) is 11.4. The van der Waals surface area contributed by atoms with E-state index in [2.05, 4.69) is 15.9 Å². The van der Waals surface area contributed by atoms with Crippen LogP contribution in [0, 0.1) is 0 Å². The summed E-state index contributed by atoms with van der Waals surface area (Å²) >= 11 is 4.83. The summed E-state index contributed by atoms with van der Waals surface area (Å²) in [7, 11) is -4.94. The van der Waals surface area contributed by atoms with Crippen molar-refractivity contribution in [3.8, 4) is 0 Å². The molecule has 0 aromatic carbocycles. The number of sulfone groups is 1. The Morgan fingerprint density at radius 1 is 1.40 bits per heavy atom. The summed E-state index contributed by atoms with van der Waals surface area (Å²) in [5.41, 5.74) is 0. The molecule has 20 heavy (non-hydrogen) atoms. The maximum Gasteiger partial charge on any atom is 0.217 e. The number of thiophene rings is 1. The first-order valence-corrected chi connectivity index (χ1v) is 11.1. The first-order valence-electron chi connectivity index (χ1n) is 6.09. The topological polar surface area (TPSA) is 71.5 Å². The van der Waals surface area contributed by atoms with Gasteiger partial charge < -0.3 is 0 Å². The maximum atomic E-state index is 12.4. The summed E-state index contributed by atoms with van der Waals surface area (Å²) in [6.07, 6.45) is 0.395. The van der Waals surface area contributed by atoms with Gasteiger partial charge in [-0.1, -0.05) is 0 Å². The van der Waals surface area contributed by atoms with Gasteiger partial charge in [0.2, 0.25) is 10.0 Å². The third-order valence-electron chi connectivity index (χ3n) is 3.36. The molecule has 0 bridgehead atoms. The van der Waals surface area contributed by atoms with Gasteiger partial charge in [0.05, 0.1) is 16.8 Å². The molecule has 5 nitrogen and oxygen atoms in total. The fourth-order valence-electron chi connectivity index (χ4n) is 2.17. The van der Waals surface area contributed by atoms with Crippen LogP contribution < -0.4 is 0 Å². The van der Waals surface area contributed by atoms with E-state index in [1.165, 1.54) is 15.6 Å². The van der Waals surface area contributed by atoms with Crippen molar-refractivity contribution in [2.45, 2.75) is 24.6 Å². The van der Waals surface area contributed by atoms with Crippen molar-refractivity contribution < 1.29 is 16.8 Å². The lowest BCUT2D eigenvalue weighted by atomic mass is 10.2. The fraction of sp³-hybridized carbons (Fsp3) is 0.636. The standard InChI is InChI=1S/C11H16BrNO4S3/c1-13(7-10-6-9(12)8-18-10)20(16,17)11-2-4-19(14,15)5-3-11/h6,8,11H,2-5,7H2,1H3. The predicted molar refractivity (Wildman–Crippen MR) is 84.1 cm³/mol. The van der Waals surface area contributed by atoms with Crippen molar-refractivity contribution in [1.82, 2.24) is 4.31 Å². The highest BCUT2D eigenvalue weighted by atomic mass is 79.9. The lowest BCUT2D eigenvalue weighted by Gasteiger charge is -2.26. The van der Waals surface area contributed by atoms with Crippen LogP contribution in [0.25, 0.3) is 0 Å². The summed E-state index contributed by atoms with van der Waals surface area (Å²) in [6.45, 7) is 0.321. The molecule has 1 aromatic heterocycles. The van der Waals surface area contributed by atoms with Crippen LogP contribution in [0.3, 0.4) is 0 Å². The molecule has 0 unspecified atom stereocenters. The van der Waals surface area contributed by atoms with Gasteiger partial charge in [0.25, 0.3) is 0 Å². The molecule has 1 aliphatic rings. The Balaban J connectivity index is 2.06. The zero-order valence-electron chi connectivity index (χ0n) is 11.0. The largest absolute Gasteiger partial charge is 0.229 e. The molecule has 0 aliphatic carbocycles. The summed E-state index contributed by atoms with van der Waals surface area (Å²) in [4.78, 5) is 0.950. The van der Waals surface area contributed by atoms with E-state index in [9.17, 15) is 16.8 Å². The zero-order chi connectivity index (χ0) is 15.0. The Bertz CT molecular complexity index is 666. The van der Waals surface area contributed by atoms with Gasteiger partial charge in [-0.15, -0.1) is 11.3 Å². The number of sulfonamides is 1. The van der Waals surface area contributed by atoms with E-state index in [0.29, 0.717) is 6.54 Å². The molecule has 1 saturated heterocycles. The molecule has 114 valence electrons. The van der Waals surface area contributed by atoms with Gasteiger partial charge >= 0.3 is 0 Å². The van der Waals surface area contributed by atoms with Crippen molar-refractivity contribution >= 4 is 47.1 Å². The van der Waals surface area contributed by atoms with Crippen molar-refractivity contribution in [3.05, 3.63) is 20.8 Å². The van der Waals surface area contributed by atoms with Gasteiger partial charge in [0.15, 0.2) is 0 Å². The molecule has 0 spiro atoms. The Kier molecular flexibility index (Phi) is 4.95. The van der Waals surface area contributed by atoms with Crippen LogP contribution in [0.1, 0.15) is 17.7 Å². The summed E-state index contributed by atoms with van der Waals surface area (Å²) in [5, 5.41) is 1.32. The maximum absolute atomic E-state index is 12.4. The Morgan fingerprint density at radius 3 is 2.50 bits per heavy atom. The molecule has 1 aliphatic heterocycles. The molecule has 1 aromatic rings. The molecule has 1 fully saturated rings. The minimum absolute atomic E-state index is 0.0325. The molecular formula is C11H16BrNO4S3. The molecule has 0 saturated carbocycles. The smallest absolute Gasteiger partial charge is 0.217 e. The monoisotopic (exact) mass is 401 g/mol. The quantitative estimate of drug-likeness (QED) is 0.771. The van der Waals surface area contributed by atoms with Crippen LogP contribution in [0.15, 0.2) is 15.9 Å². The van der Waals surface area contributed by atoms with E-state index in [0.717, 1.165) is 9.35 Å². The Morgan fingerprint density at radius 2 is 2.00 bits per heavy atom. The summed E-state index contributed by atoms with van der Waals surface area (Å²) in [6, 6.07) is 1.89. The second kappa shape index (κ2) is 6.04. The average Bonchev–Trinajstić information content (AvgIpc) is 2.74. The van der Waals surface area contributed by atoms with Crippen molar-refractivity contribution in [3.63, 3.8) is 0 Å².